The summed E-state index contributed by atoms with van der Waals surface area (Å²) < 4.78 is 8.32. The van der Waals surface area contributed by atoms with Crippen molar-refractivity contribution in [2.45, 2.75) is 19.9 Å². The molecule has 0 fully saturated rings. The number of fused-ring (bicyclic) bond motifs is 3. The number of aromatic nitrogens is 2. The predicted molar refractivity (Wildman–Crippen MR) is 145 cm³/mol. The molecule has 0 radical (unpaired) electrons. The van der Waals surface area contributed by atoms with Crippen molar-refractivity contribution in [1.29, 1.82) is 0 Å². The second kappa shape index (κ2) is 9.04. The van der Waals surface area contributed by atoms with E-state index in [1.54, 1.807) is 25.1 Å². The largest absolute Gasteiger partial charge is 0.458 e. The maximum absolute atomic E-state index is 13.7. The molecule has 3 heterocycles. The number of nitro groups is 1. The number of imidazole rings is 1. The fourth-order valence-corrected chi connectivity index (χ4v) is 4.98. The normalized spacial score (nSPS) is 14.7. The number of carbonyl (C=O) groups is 1. The van der Waals surface area contributed by atoms with Gasteiger partial charge in [0.1, 0.15) is 17.6 Å². The number of anilines is 2. The Morgan fingerprint density at radius 1 is 1.00 bits per heavy atom. The molecule has 0 spiro atoms. The topological polar surface area (TPSA) is 115 Å². The molecule has 2 aromatic heterocycles. The Bertz CT molecular complexity index is 1750. The van der Waals surface area contributed by atoms with Gasteiger partial charge >= 0.3 is 0 Å². The third-order valence-corrected chi connectivity index (χ3v) is 6.77. The standard InChI is InChI=1S/C29H23N5O4/c1-17-20(11-8-14-22(17)34(36)37)24-15-16-25(38-24)27-26(28(35)31-19-9-4-3-5-10-19)18(2)30-29-32-21-12-6-7-13-23(21)33(27)29/h3-16,27H,1-2H3,(H,30,32)(H,31,35)/t27-/m1/s1. The Hall–Kier alpha value is -5.18. The van der Waals surface area contributed by atoms with E-state index in [2.05, 4.69) is 10.6 Å². The highest BCUT2D eigenvalue weighted by Gasteiger charge is 2.36. The smallest absolute Gasteiger partial charge is 0.273 e. The molecule has 0 aliphatic carbocycles. The third-order valence-electron chi connectivity index (χ3n) is 6.77. The molecule has 0 saturated heterocycles. The van der Waals surface area contributed by atoms with Crippen LogP contribution in [0.15, 0.2) is 101 Å². The minimum Gasteiger partial charge on any atom is -0.458 e. The van der Waals surface area contributed by atoms with Crippen molar-refractivity contribution >= 4 is 34.3 Å². The first kappa shape index (κ1) is 23.2. The molecular formula is C29H23N5O4. The minimum atomic E-state index is -0.630. The molecule has 38 heavy (non-hydrogen) atoms. The SMILES string of the molecule is CC1=C(C(=O)Nc2ccccc2)[C@@H](c2ccc(-c3cccc([N+](=O)[O-])c3C)o2)n2c(nc3ccccc32)N1. The number of furan rings is 1. The first-order valence-corrected chi connectivity index (χ1v) is 12.1. The van der Waals surface area contributed by atoms with E-state index in [0.29, 0.717) is 45.6 Å². The average Bonchev–Trinajstić information content (AvgIpc) is 3.53. The van der Waals surface area contributed by atoms with Gasteiger partial charge in [-0.15, -0.1) is 0 Å². The number of nitrogens with zero attached hydrogens (tertiary/aromatic N) is 3. The Labute approximate surface area is 217 Å². The van der Waals surface area contributed by atoms with Crippen LogP contribution in [0.2, 0.25) is 0 Å². The zero-order chi connectivity index (χ0) is 26.4. The van der Waals surface area contributed by atoms with Crippen LogP contribution in [0, 0.1) is 17.0 Å². The lowest BCUT2D eigenvalue weighted by molar-refractivity contribution is -0.385. The van der Waals surface area contributed by atoms with Crippen LogP contribution in [0.25, 0.3) is 22.4 Å². The lowest BCUT2D eigenvalue weighted by atomic mass is 9.99. The fraction of sp³-hybridized carbons (Fsp3) is 0.103. The highest BCUT2D eigenvalue weighted by atomic mass is 16.6. The zero-order valence-electron chi connectivity index (χ0n) is 20.6. The van der Waals surface area contributed by atoms with Crippen LogP contribution in [0.3, 0.4) is 0 Å². The van der Waals surface area contributed by atoms with Gasteiger partial charge in [-0.1, -0.05) is 42.5 Å². The van der Waals surface area contributed by atoms with Gasteiger partial charge in [0.05, 0.1) is 21.5 Å². The van der Waals surface area contributed by atoms with Crippen LogP contribution in [0.1, 0.15) is 24.3 Å². The van der Waals surface area contributed by atoms with Crippen molar-refractivity contribution in [1.82, 2.24) is 9.55 Å². The van der Waals surface area contributed by atoms with E-state index < -0.39 is 11.0 Å². The fourth-order valence-electron chi connectivity index (χ4n) is 4.98. The summed E-state index contributed by atoms with van der Waals surface area (Å²) in [6, 6.07) is 24.8. The van der Waals surface area contributed by atoms with Gasteiger partial charge in [-0.3, -0.25) is 19.5 Å². The van der Waals surface area contributed by atoms with E-state index >= 15 is 0 Å². The molecule has 0 saturated carbocycles. The molecular weight excluding hydrogens is 482 g/mol. The number of para-hydroxylation sites is 3. The lowest BCUT2D eigenvalue weighted by Gasteiger charge is -2.29. The van der Waals surface area contributed by atoms with Crippen molar-refractivity contribution in [3.05, 3.63) is 118 Å². The van der Waals surface area contributed by atoms with Crippen LogP contribution in [0.4, 0.5) is 17.3 Å². The summed E-state index contributed by atoms with van der Waals surface area (Å²) in [4.78, 5) is 29.6. The van der Waals surface area contributed by atoms with Crippen molar-refractivity contribution in [3.8, 4) is 11.3 Å². The van der Waals surface area contributed by atoms with E-state index in [9.17, 15) is 14.9 Å². The maximum Gasteiger partial charge on any atom is 0.273 e. The molecule has 2 N–H and O–H groups in total. The van der Waals surface area contributed by atoms with Crippen LogP contribution in [-0.2, 0) is 4.79 Å². The highest BCUT2D eigenvalue weighted by Crippen LogP contribution is 2.41. The van der Waals surface area contributed by atoms with Gasteiger partial charge < -0.3 is 15.1 Å². The van der Waals surface area contributed by atoms with Crippen molar-refractivity contribution in [2.24, 2.45) is 0 Å². The van der Waals surface area contributed by atoms with E-state index in [4.69, 9.17) is 9.40 Å². The Morgan fingerprint density at radius 2 is 1.76 bits per heavy atom. The number of amides is 1. The van der Waals surface area contributed by atoms with Crippen LogP contribution < -0.4 is 10.6 Å². The van der Waals surface area contributed by atoms with E-state index in [1.807, 2.05) is 72.2 Å². The number of rotatable bonds is 5. The van der Waals surface area contributed by atoms with Crippen LogP contribution >= 0.6 is 0 Å². The molecule has 1 aliphatic rings. The first-order chi connectivity index (χ1) is 18.4. The zero-order valence-corrected chi connectivity index (χ0v) is 20.6. The maximum atomic E-state index is 13.7. The molecule has 1 atom stereocenters. The van der Waals surface area contributed by atoms with Gasteiger partial charge in [-0.05, 0) is 50.2 Å². The minimum absolute atomic E-state index is 0.0175. The van der Waals surface area contributed by atoms with Gasteiger partial charge in [-0.25, -0.2) is 4.98 Å². The van der Waals surface area contributed by atoms with Gasteiger partial charge in [0.25, 0.3) is 11.6 Å². The van der Waals surface area contributed by atoms with Crippen molar-refractivity contribution in [3.63, 3.8) is 0 Å². The predicted octanol–water partition coefficient (Wildman–Crippen LogP) is 6.44. The molecule has 3 aromatic carbocycles. The van der Waals surface area contributed by atoms with E-state index in [-0.39, 0.29) is 11.6 Å². The van der Waals surface area contributed by atoms with E-state index in [0.717, 1.165) is 11.0 Å². The second-order valence-electron chi connectivity index (χ2n) is 9.09. The molecule has 5 aromatic rings. The summed E-state index contributed by atoms with van der Waals surface area (Å²) in [5.41, 5.74) is 4.55. The average molecular weight is 506 g/mol. The number of hydrogen-bond donors (Lipinski definition) is 2. The van der Waals surface area contributed by atoms with Crippen LogP contribution in [0.5, 0.6) is 0 Å². The molecule has 0 bridgehead atoms. The lowest BCUT2D eigenvalue weighted by Crippen LogP contribution is -2.30. The van der Waals surface area contributed by atoms with Crippen molar-refractivity contribution in [2.75, 3.05) is 10.6 Å². The molecule has 6 rings (SSSR count). The number of hydrogen-bond acceptors (Lipinski definition) is 6. The molecule has 1 amide bonds. The van der Waals surface area contributed by atoms with Gasteiger partial charge in [0.2, 0.25) is 5.95 Å². The number of nitro benzene ring substituents is 1. The summed E-state index contributed by atoms with van der Waals surface area (Å²) in [5.74, 6) is 1.30. The summed E-state index contributed by atoms with van der Waals surface area (Å²) in [5, 5.41) is 17.8. The van der Waals surface area contributed by atoms with Gasteiger partial charge in [-0.2, -0.15) is 0 Å². The summed E-state index contributed by atoms with van der Waals surface area (Å²) in [6.45, 7) is 3.54. The van der Waals surface area contributed by atoms with Gasteiger partial charge in [0, 0.05) is 28.6 Å². The number of benzene rings is 3. The molecule has 9 heteroatoms. The van der Waals surface area contributed by atoms with Gasteiger partial charge in [0.15, 0.2) is 0 Å². The second-order valence-corrected chi connectivity index (χ2v) is 9.09. The molecule has 0 unspecified atom stereocenters. The number of allylic oxidation sites excluding steroid dienone is 1. The summed E-state index contributed by atoms with van der Waals surface area (Å²) >= 11 is 0. The Balaban J connectivity index is 1.50. The van der Waals surface area contributed by atoms with Crippen LogP contribution in [-0.4, -0.2) is 20.4 Å². The molecule has 1 aliphatic heterocycles. The Kier molecular flexibility index (Phi) is 5.53. The summed E-state index contributed by atoms with van der Waals surface area (Å²) in [7, 11) is 0. The number of nitrogens with one attached hydrogen (secondary N) is 2. The number of carbonyl (C=O) groups excluding carboxylic acids is 1. The van der Waals surface area contributed by atoms with Crippen molar-refractivity contribution < 1.29 is 14.1 Å². The third kappa shape index (κ3) is 3.81. The highest BCUT2D eigenvalue weighted by molar-refractivity contribution is 6.06. The quantitative estimate of drug-likeness (QED) is 0.210. The molecule has 9 nitrogen and oxygen atoms in total. The first-order valence-electron chi connectivity index (χ1n) is 12.1. The molecule has 188 valence electrons. The summed E-state index contributed by atoms with van der Waals surface area (Å²) in [6.07, 6.45) is 0. The van der Waals surface area contributed by atoms with E-state index in [1.165, 1.54) is 6.07 Å². The monoisotopic (exact) mass is 505 g/mol. The Morgan fingerprint density at radius 3 is 2.55 bits per heavy atom.